The van der Waals surface area contributed by atoms with Crippen molar-refractivity contribution in [2.24, 2.45) is 0 Å². The average molecular weight is 260 g/mol. The number of nitrogens with one attached hydrogen (secondary N) is 1. The number of thiophene rings is 1. The summed E-state index contributed by atoms with van der Waals surface area (Å²) in [5.74, 6) is 0.646. The quantitative estimate of drug-likeness (QED) is 0.813. The molecule has 0 amide bonds. The summed E-state index contributed by atoms with van der Waals surface area (Å²) >= 11 is 0.998. The van der Waals surface area contributed by atoms with Gasteiger partial charge in [0.2, 0.25) is 0 Å². The van der Waals surface area contributed by atoms with Crippen LogP contribution in [0, 0.1) is 6.92 Å². The molecule has 2 aromatic rings. The Bertz CT molecular complexity index is 599. The van der Waals surface area contributed by atoms with E-state index in [9.17, 15) is 8.42 Å². The lowest BCUT2D eigenvalue weighted by Gasteiger charge is -1.94. The van der Waals surface area contributed by atoms with Crippen molar-refractivity contribution < 1.29 is 18.1 Å². The van der Waals surface area contributed by atoms with Gasteiger partial charge in [0.15, 0.2) is 0 Å². The van der Waals surface area contributed by atoms with Crippen molar-refractivity contribution in [1.82, 2.24) is 10.0 Å². The molecule has 0 aliphatic rings. The highest BCUT2D eigenvalue weighted by Crippen LogP contribution is 2.29. The van der Waals surface area contributed by atoms with E-state index in [2.05, 4.69) is 5.16 Å². The first kappa shape index (κ1) is 11.3. The Kier molecular flexibility index (Phi) is 2.80. The summed E-state index contributed by atoms with van der Waals surface area (Å²) < 4.78 is 27.4. The van der Waals surface area contributed by atoms with E-state index in [1.54, 1.807) is 19.1 Å². The summed E-state index contributed by atoms with van der Waals surface area (Å²) in [5.41, 5.74) is 0.571. The van der Waals surface area contributed by atoms with Crippen LogP contribution in [0.5, 0.6) is 0 Å². The van der Waals surface area contributed by atoms with Crippen molar-refractivity contribution in [3.63, 3.8) is 0 Å². The highest BCUT2D eigenvalue weighted by molar-refractivity contribution is 7.91. The van der Waals surface area contributed by atoms with Gasteiger partial charge in [-0.15, -0.1) is 11.3 Å². The van der Waals surface area contributed by atoms with Gasteiger partial charge in [-0.3, -0.25) is 0 Å². The first-order chi connectivity index (χ1) is 7.53. The third-order valence-corrected chi connectivity index (χ3v) is 4.56. The number of aromatic nitrogens is 1. The fourth-order valence-corrected chi connectivity index (χ4v) is 2.98. The van der Waals surface area contributed by atoms with Crippen LogP contribution in [0.4, 0.5) is 0 Å². The lowest BCUT2D eigenvalue weighted by molar-refractivity contribution is 0.243. The second-order valence-corrected chi connectivity index (χ2v) is 6.01. The molecule has 0 fully saturated rings. The van der Waals surface area contributed by atoms with Crippen LogP contribution in [0.15, 0.2) is 26.9 Å². The van der Waals surface area contributed by atoms with Crippen LogP contribution in [0.3, 0.4) is 0 Å². The standard InChI is InChI=1S/C8H8N2O4S2/c1-5-4-6(9-14-5)7-2-3-8(15-7)16(12,13)10-11/h2-4,10-11H,1H3. The van der Waals surface area contributed by atoms with Gasteiger partial charge in [-0.1, -0.05) is 10.0 Å². The van der Waals surface area contributed by atoms with Crippen molar-refractivity contribution in [2.75, 3.05) is 0 Å². The molecule has 2 heterocycles. The Morgan fingerprint density at radius 2 is 2.25 bits per heavy atom. The summed E-state index contributed by atoms with van der Waals surface area (Å²) in [5, 5.41) is 12.2. The molecule has 0 spiro atoms. The van der Waals surface area contributed by atoms with Crippen molar-refractivity contribution in [3.05, 3.63) is 24.0 Å². The maximum atomic E-state index is 11.3. The molecule has 0 bridgehead atoms. The van der Waals surface area contributed by atoms with Gasteiger partial charge < -0.3 is 9.73 Å². The molecule has 8 heteroatoms. The molecule has 0 aliphatic heterocycles. The maximum absolute atomic E-state index is 11.3. The molecule has 0 atom stereocenters. The van der Waals surface area contributed by atoms with Crippen molar-refractivity contribution in [1.29, 1.82) is 0 Å². The fourth-order valence-electron chi connectivity index (χ4n) is 1.13. The predicted octanol–water partition coefficient (Wildman–Crippen LogP) is 1.38. The van der Waals surface area contributed by atoms with Crippen LogP contribution in [0.25, 0.3) is 10.6 Å². The third kappa shape index (κ3) is 2.00. The Hall–Kier alpha value is -1.22. The fraction of sp³-hybridized carbons (Fsp3) is 0.125. The molecular weight excluding hydrogens is 252 g/mol. The van der Waals surface area contributed by atoms with Crippen LogP contribution >= 0.6 is 11.3 Å². The van der Waals surface area contributed by atoms with Crippen LogP contribution in [-0.2, 0) is 10.0 Å². The molecule has 6 nitrogen and oxygen atoms in total. The summed E-state index contributed by atoms with van der Waals surface area (Å²) in [7, 11) is -3.81. The van der Waals surface area contributed by atoms with Gasteiger partial charge in [0.1, 0.15) is 15.7 Å². The van der Waals surface area contributed by atoms with Crippen molar-refractivity contribution in [3.8, 4) is 10.6 Å². The van der Waals surface area contributed by atoms with Gasteiger partial charge >= 0.3 is 0 Å². The summed E-state index contributed by atoms with van der Waals surface area (Å²) in [6.07, 6.45) is 0. The molecule has 16 heavy (non-hydrogen) atoms. The minimum atomic E-state index is -3.81. The minimum Gasteiger partial charge on any atom is -0.361 e. The SMILES string of the molecule is Cc1cc(-c2ccc(S(=O)(=O)NO)s2)no1. The number of nitrogens with zero attached hydrogens (tertiary/aromatic N) is 1. The molecule has 0 aliphatic carbocycles. The molecule has 86 valence electrons. The van der Waals surface area contributed by atoms with Gasteiger partial charge in [0, 0.05) is 6.07 Å². The summed E-state index contributed by atoms with van der Waals surface area (Å²) in [4.78, 5) is 1.92. The van der Waals surface area contributed by atoms with Crippen molar-refractivity contribution in [2.45, 2.75) is 11.1 Å². The number of aryl methyl sites for hydroxylation is 1. The monoisotopic (exact) mass is 260 g/mol. The zero-order valence-corrected chi connectivity index (χ0v) is 9.80. The van der Waals surface area contributed by atoms with E-state index in [-0.39, 0.29) is 4.21 Å². The topological polar surface area (TPSA) is 92.4 Å². The van der Waals surface area contributed by atoms with Gasteiger partial charge in [0.25, 0.3) is 10.0 Å². The van der Waals surface area contributed by atoms with E-state index in [0.717, 1.165) is 11.3 Å². The molecule has 0 saturated heterocycles. The largest absolute Gasteiger partial charge is 0.361 e. The minimum absolute atomic E-state index is 0.0191. The van der Waals surface area contributed by atoms with E-state index in [1.807, 2.05) is 0 Å². The predicted molar refractivity (Wildman–Crippen MR) is 56.7 cm³/mol. The number of hydrogen-bond acceptors (Lipinski definition) is 6. The van der Waals surface area contributed by atoms with Gasteiger partial charge in [-0.05, 0) is 19.1 Å². The normalized spacial score (nSPS) is 11.9. The van der Waals surface area contributed by atoms with Crippen LogP contribution in [0.1, 0.15) is 5.76 Å². The molecule has 0 radical (unpaired) electrons. The van der Waals surface area contributed by atoms with Crippen molar-refractivity contribution >= 4 is 21.4 Å². The lowest BCUT2D eigenvalue weighted by Crippen LogP contribution is -2.17. The van der Waals surface area contributed by atoms with E-state index in [0.29, 0.717) is 16.3 Å². The first-order valence-electron chi connectivity index (χ1n) is 4.22. The van der Waals surface area contributed by atoms with Gasteiger partial charge in [-0.25, -0.2) is 8.42 Å². The molecule has 2 rings (SSSR count). The molecule has 2 N–H and O–H groups in total. The zero-order valence-electron chi connectivity index (χ0n) is 8.17. The van der Waals surface area contributed by atoms with Gasteiger partial charge in [-0.2, -0.15) is 0 Å². The number of rotatable bonds is 3. The first-order valence-corrected chi connectivity index (χ1v) is 6.52. The van der Waals surface area contributed by atoms with E-state index < -0.39 is 10.0 Å². The van der Waals surface area contributed by atoms with Crippen LogP contribution in [-0.4, -0.2) is 18.8 Å². The molecule has 0 aromatic carbocycles. The second kappa shape index (κ2) is 3.98. The Balaban J connectivity index is 2.41. The number of hydrogen-bond donors (Lipinski definition) is 2. The highest BCUT2D eigenvalue weighted by Gasteiger charge is 2.17. The Morgan fingerprint density at radius 3 is 2.81 bits per heavy atom. The van der Waals surface area contributed by atoms with Crippen LogP contribution < -0.4 is 4.89 Å². The zero-order chi connectivity index (χ0) is 11.8. The Morgan fingerprint density at radius 1 is 1.50 bits per heavy atom. The maximum Gasteiger partial charge on any atom is 0.271 e. The average Bonchev–Trinajstić information content (AvgIpc) is 2.85. The summed E-state index contributed by atoms with van der Waals surface area (Å²) in [6.45, 7) is 1.75. The lowest BCUT2D eigenvalue weighted by atomic mass is 10.3. The third-order valence-electron chi connectivity index (χ3n) is 1.85. The molecular formula is C8H8N2O4S2. The molecule has 0 saturated carbocycles. The van der Waals surface area contributed by atoms with E-state index >= 15 is 0 Å². The van der Waals surface area contributed by atoms with E-state index in [1.165, 1.54) is 11.0 Å². The van der Waals surface area contributed by atoms with Crippen LogP contribution in [0.2, 0.25) is 0 Å². The Labute approximate surface area is 95.5 Å². The smallest absolute Gasteiger partial charge is 0.271 e. The summed E-state index contributed by atoms with van der Waals surface area (Å²) in [6, 6.07) is 4.70. The van der Waals surface area contributed by atoms with Gasteiger partial charge in [0.05, 0.1) is 4.88 Å². The molecule has 2 aromatic heterocycles. The van der Waals surface area contributed by atoms with E-state index in [4.69, 9.17) is 9.73 Å². The highest BCUT2D eigenvalue weighted by atomic mass is 32.2. The second-order valence-electron chi connectivity index (χ2n) is 3.04. The number of sulfonamides is 1. The molecule has 0 unspecified atom stereocenters.